The zero-order valence-corrected chi connectivity index (χ0v) is 13.8. The smallest absolute Gasteiger partial charge is 0.261 e. The van der Waals surface area contributed by atoms with Crippen molar-refractivity contribution < 1.29 is 4.79 Å². The van der Waals surface area contributed by atoms with Gasteiger partial charge in [0.2, 0.25) is 5.91 Å². The zero-order chi connectivity index (χ0) is 16.3. The van der Waals surface area contributed by atoms with Crippen LogP contribution in [0.1, 0.15) is 45.0 Å². The van der Waals surface area contributed by atoms with Gasteiger partial charge in [0.25, 0.3) is 5.56 Å². The fourth-order valence-electron chi connectivity index (χ4n) is 2.36. The van der Waals surface area contributed by atoms with Crippen molar-refractivity contribution in [3.63, 3.8) is 0 Å². The first-order valence-corrected chi connectivity index (χ1v) is 7.77. The van der Waals surface area contributed by atoms with Crippen LogP contribution in [0.4, 0.5) is 0 Å². The van der Waals surface area contributed by atoms with E-state index in [0.717, 1.165) is 12.8 Å². The van der Waals surface area contributed by atoms with Gasteiger partial charge >= 0.3 is 0 Å². The van der Waals surface area contributed by atoms with Crippen LogP contribution in [0.15, 0.2) is 23.0 Å². The molecule has 118 valence electrons. The molecular weight excluding hydrogens is 302 g/mol. The number of hydrogen-bond donors (Lipinski definition) is 1. The summed E-state index contributed by atoms with van der Waals surface area (Å²) in [6.45, 7) is 3.86. The van der Waals surface area contributed by atoms with Gasteiger partial charge in [-0.15, -0.1) is 0 Å². The average Bonchev–Trinajstić information content (AvgIpc) is 2.48. The Labute approximate surface area is 134 Å². The summed E-state index contributed by atoms with van der Waals surface area (Å²) >= 11 is 5.97. The second-order valence-corrected chi connectivity index (χ2v) is 5.82. The Morgan fingerprint density at radius 3 is 2.86 bits per heavy atom. The average molecular weight is 322 g/mol. The molecule has 0 unspecified atom stereocenters. The van der Waals surface area contributed by atoms with E-state index in [2.05, 4.69) is 10.3 Å². The molecule has 0 saturated heterocycles. The number of carbonyl (C=O) groups is 1. The van der Waals surface area contributed by atoms with Crippen LogP contribution in [0, 0.1) is 0 Å². The molecule has 1 heterocycles. The minimum absolute atomic E-state index is 0.0326. The number of halogens is 1. The lowest BCUT2D eigenvalue weighted by molar-refractivity contribution is -0.121. The van der Waals surface area contributed by atoms with Gasteiger partial charge in [-0.25, -0.2) is 4.98 Å². The molecule has 0 fully saturated rings. The van der Waals surface area contributed by atoms with Gasteiger partial charge in [0.05, 0.1) is 16.9 Å². The molecule has 1 aromatic carbocycles. The second-order valence-electron chi connectivity index (χ2n) is 5.39. The number of nitrogens with zero attached hydrogens (tertiary/aromatic N) is 2. The van der Waals surface area contributed by atoms with E-state index in [1.165, 1.54) is 4.57 Å². The molecule has 0 aliphatic carbocycles. The van der Waals surface area contributed by atoms with E-state index < -0.39 is 0 Å². The molecular formula is C16H20ClN3O2. The number of carbonyl (C=O) groups excluding carboxylic acids is 1. The molecule has 1 atom stereocenters. The number of unbranched alkanes of at least 4 members (excludes halogenated alkanes) is 1. The minimum Gasteiger partial charge on any atom is -0.346 e. The summed E-state index contributed by atoms with van der Waals surface area (Å²) in [5.41, 5.74) is 0.395. The Bertz CT molecular complexity index is 755. The van der Waals surface area contributed by atoms with Crippen LogP contribution in [0.3, 0.4) is 0 Å². The van der Waals surface area contributed by atoms with E-state index in [4.69, 9.17) is 11.6 Å². The van der Waals surface area contributed by atoms with Gasteiger partial charge in [-0.1, -0.05) is 24.9 Å². The third kappa shape index (κ3) is 3.47. The lowest BCUT2D eigenvalue weighted by Crippen LogP contribution is -2.32. The summed E-state index contributed by atoms with van der Waals surface area (Å²) in [6.07, 6.45) is 2.29. The molecule has 0 aliphatic heterocycles. The van der Waals surface area contributed by atoms with E-state index in [-0.39, 0.29) is 17.5 Å². The first-order valence-electron chi connectivity index (χ1n) is 7.39. The van der Waals surface area contributed by atoms with E-state index in [1.807, 2.05) is 13.8 Å². The number of fused-ring (bicyclic) bond motifs is 1. The molecule has 1 amide bonds. The SMILES string of the molecule is CCCCC(=O)N[C@@H](C)c1nc2cc(Cl)ccc2c(=O)n1C. The van der Waals surface area contributed by atoms with Gasteiger partial charge in [-0.2, -0.15) is 0 Å². The highest BCUT2D eigenvalue weighted by Crippen LogP contribution is 2.17. The highest BCUT2D eigenvalue weighted by Gasteiger charge is 2.16. The molecule has 6 heteroatoms. The molecule has 1 N–H and O–H groups in total. The van der Waals surface area contributed by atoms with Crippen LogP contribution in [0.5, 0.6) is 0 Å². The topological polar surface area (TPSA) is 64.0 Å². The Balaban J connectivity index is 2.36. The second kappa shape index (κ2) is 6.92. The largest absolute Gasteiger partial charge is 0.346 e. The van der Waals surface area contributed by atoms with Crippen LogP contribution in [0.25, 0.3) is 10.9 Å². The number of hydrogen-bond acceptors (Lipinski definition) is 3. The van der Waals surface area contributed by atoms with Gasteiger partial charge in [0, 0.05) is 18.5 Å². The molecule has 2 aromatic rings. The van der Waals surface area contributed by atoms with Crippen molar-refractivity contribution in [2.75, 3.05) is 0 Å². The summed E-state index contributed by atoms with van der Waals surface area (Å²) in [4.78, 5) is 28.7. The normalized spacial score (nSPS) is 12.4. The maximum Gasteiger partial charge on any atom is 0.261 e. The molecule has 2 rings (SSSR count). The Hall–Kier alpha value is -1.88. The molecule has 0 radical (unpaired) electrons. The highest BCUT2D eigenvalue weighted by molar-refractivity contribution is 6.31. The lowest BCUT2D eigenvalue weighted by Gasteiger charge is -2.17. The maximum atomic E-state index is 12.4. The molecule has 0 aliphatic rings. The fourth-order valence-corrected chi connectivity index (χ4v) is 2.53. The first-order chi connectivity index (χ1) is 10.4. The van der Waals surface area contributed by atoms with Gasteiger partial charge in [0.1, 0.15) is 5.82 Å². The number of amides is 1. The monoisotopic (exact) mass is 321 g/mol. The van der Waals surface area contributed by atoms with Crippen LogP contribution < -0.4 is 10.9 Å². The zero-order valence-electron chi connectivity index (χ0n) is 13.0. The molecule has 0 spiro atoms. The Morgan fingerprint density at radius 2 is 2.18 bits per heavy atom. The quantitative estimate of drug-likeness (QED) is 0.920. The molecule has 0 saturated carbocycles. The molecule has 5 nitrogen and oxygen atoms in total. The van der Waals surface area contributed by atoms with E-state index >= 15 is 0 Å². The van der Waals surface area contributed by atoms with Gasteiger partial charge in [0.15, 0.2) is 0 Å². The summed E-state index contributed by atoms with van der Waals surface area (Å²) in [5, 5.41) is 3.92. The van der Waals surface area contributed by atoms with Crippen LogP contribution >= 0.6 is 11.6 Å². The minimum atomic E-state index is -0.342. The number of aromatic nitrogens is 2. The van der Waals surface area contributed by atoms with Crippen molar-refractivity contribution >= 4 is 28.4 Å². The third-order valence-electron chi connectivity index (χ3n) is 3.60. The van der Waals surface area contributed by atoms with Crippen molar-refractivity contribution in [2.24, 2.45) is 7.05 Å². The van der Waals surface area contributed by atoms with Crippen LogP contribution in [0.2, 0.25) is 5.02 Å². The predicted molar refractivity (Wildman–Crippen MR) is 88.1 cm³/mol. The molecule has 1 aromatic heterocycles. The lowest BCUT2D eigenvalue weighted by atomic mass is 10.2. The molecule has 22 heavy (non-hydrogen) atoms. The van der Waals surface area contributed by atoms with Gasteiger partial charge < -0.3 is 5.32 Å². The third-order valence-corrected chi connectivity index (χ3v) is 3.83. The Morgan fingerprint density at radius 1 is 1.45 bits per heavy atom. The van der Waals surface area contributed by atoms with E-state index in [1.54, 1.807) is 25.2 Å². The number of benzene rings is 1. The van der Waals surface area contributed by atoms with Crippen molar-refractivity contribution in [1.29, 1.82) is 0 Å². The van der Waals surface area contributed by atoms with Crippen molar-refractivity contribution in [2.45, 2.75) is 39.2 Å². The van der Waals surface area contributed by atoms with Crippen molar-refractivity contribution in [3.05, 3.63) is 39.4 Å². The van der Waals surface area contributed by atoms with Crippen molar-refractivity contribution in [3.8, 4) is 0 Å². The summed E-state index contributed by atoms with van der Waals surface area (Å²) in [6, 6.07) is 4.66. The van der Waals surface area contributed by atoms with Crippen LogP contribution in [-0.2, 0) is 11.8 Å². The van der Waals surface area contributed by atoms with Crippen molar-refractivity contribution in [1.82, 2.24) is 14.9 Å². The maximum absolute atomic E-state index is 12.4. The fraction of sp³-hybridized carbons (Fsp3) is 0.438. The number of rotatable bonds is 5. The van der Waals surface area contributed by atoms with Gasteiger partial charge in [-0.05, 0) is 31.5 Å². The highest BCUT2D eigenvalue weighted by atomic mass is 35.5. The van der Waals surface area contributed by atoms with E-state index in [9.17, 15) is 9.59 Å². The summed E-state index contributed by atoms with van der Waals surface area (Å²) < 4.78 is 1.47. The summed E-state index contributed by atoms with van der Waals surface area (Å²) in [7, 11) is 1.66. The van der Waals surface area contributed by atoms with E-state index in [0.29, 0.717) is 28.2 Å². The predicted octanol–water partition coefficient (Wildman–Crippen LogP) is 2.95. The van der Waals surface area contributed by atoms with Crippen LogP contribution in [-0.4, -0.2) is 15.5 Å². The standard InChI is InChI=1S/C16H20ClN3O2/c1-4-5-6-14(21)18-10(2)15-19-13-9-11(17)7-8-12(13)16(22)20(15)3/h7-10H,4-6H2,1-3H3,(H,18,21)/t10-/m0/s1. The van der Waals surface area contributed by atoms with Gasteiger partial charge in [-0.3, -0.25) is 14.2 Å². The Kier molecular flexibility index (Phi) is 5.19. The molecule has 0 bridgehead atoms. The number of nitrogens with one attached hydrogen (secondary N) is 1. The summed E-state index contributed by atoms with van der Waals surface area (Å²) in [5.74, 6) is 0.486. The first kappa shape index (κ1) is 16.5.